The summed E-state index contributed by atoms with van der Waals surface area (Å²) in [6.45, 7) is 4.29. The molecule has 0 aliphatic rings. The van der Waals surface area contributed by atoms with E-state index < -0.39 is 0 Å². The molecule has 10 heavy (non-hydrogen) atoms. The highest BCUT2D eigenvalue weighted by molar-refractivity contribution is 4.98. The van der Waals surface area contributed by atoms with Crippen molar-refractivity contribution >= 4 is 0 Å². The Labute approximate surface area is 60.4 Å². The lowest BCUT2D eigenvalue weighted by Crippen LogP contribution is -2.04. The molecule has 1 heterocycles. The predicted molar refractivity (Wildman–Crippen MR) is 40.2 cm³/mol. The van der Waals surface area contributed by atoms with Gasteiger partial charge in [0.1, 0.15) is 0 Å². The summed E-state index contributed by atoms with van der Waals surface area (Å²) >= 11 is 0. The van der Waals surface area contributed by atoms with E-state index in [0.29, 0.717) is 0 Å². The Bertz CT molecular complexity index is 214. The van der Waals surface area contributed by atoms with Crippen LogP contribution in [-0.2, 0) is 13.6 Å². The second-order valence-corrected chi connectivity index (χ2v) is 2.07. The fourth-order valence-corrected chi connectivity index (χ4v) is 0.734. The summed E-state index contributed by atoms with van der Waals surface area (Å²) < 4.78 is 1.78. The Morgan fingerprint density at radius 2 is 2.70 bits per heavy atom. The molecule has 3 heteroatoms. The van der Waals surface area contributed by atoms with Gasteiger partial charge >= 0.3 is 0 Å². The third kappa shape index (κ3) is 1.62. The molecule has 0 unspecified atom stereocenters. The van der Waals surface area contributed by atoms with Crippen molar-refractivity contribution < 1.29 is 0 Å². The summed E-state index contributed by atoms with van der Waals surface area (Å²) in [5, 5.41) is 7.12. The van der Waals surface area contributed by atoms with Crippen molar-refractivity contribution in [2.45, 2.75) is 6.54 Å². The van der Waals surface area contributed by atoms with Gasteiger partial charge in [0.2, 0.25) is 0 Å². The first-order valence-corrected chi connectivity index (χ1v) is 3.16. The topological polar surface area (TPSA) is 29.9 Å². The molecule has 0 aliphatic carbocycles. The highest BCUT2D eigenvalue weighted by Gasteiger charge is 1.91. The summed E-state index contributed by atoms with van der Waals surface area (Å²) in [6.07, 6.45) is 3.58. The summed E-state index contributed by atoms with van der Waals surface area (Å²) in [4.78, 5) is 0. The van der Waals surface area contributed by atoms with Gasteiger partial charge in [-0.1, -0.05) is 6.58 Å². The van der Waals surface area contributed by atoms with Gasteiger partial charge in [0.05, 0.1) is 12.2 Å². The highest BCUT2D eigenvalue weighted by Crippen LogP contribution is 1.91. The molecule has 0 aromatic carbocycles. The Kier molecular flexibility index (Phi) is 2.10. The second kappa shape index (κ2) is 3.06. The smallest absolute Gasteiger partial charge is 0.0815 e. The second-order valence-electron chi connectivity index (χ2n) is 2.07. The molecule has 0 fully saturated rings. The average molecular weight is 137 g/mol. The van der Waals surface area contributed by atoms with Crippen molar-refractivity contribution in [1.29, 1.82) is 0 Å². The number of nitrogens with one attached hydrogen (secondary N) is 1. The van der Waals surface area contributed by atoms with E-state index >= 15 is 0 Å². The van der Waals surface area contributed by atoms with E-state index in [1.165, 1.54) is 0 Å². The molecular weight excluding hydrogens is 126 g/mol. The van der Waals surface area contributed by atoms with Crippen molar-refractivity contribution in [2.24, 2.45) is 7.05 Å². The van der Waals surface area contributed by atoms with Crippen LogP contribution < -0.4 is 5.32 Å². The molecule has 1 aromatic heterocycles. The van der Waals surface area contributed by atoms with Crippen LogP contribution in [0.15, 0.2) is 25.0 Å². The van der Waals surface area contributed by atoms with Crippen LogP contribution in [0.25, 0.3) is 0 Å². The van der Waals surface area contributed by atoms with Crippen molar-refractivity contribution in [3.63, 3.8) is 0 Å². The lowest BCUT2D eigenvalue weighted by molar-refractivity contribution is 0.724. The molecule has 0 saturated carbocycles. The molecule has 1 aromatic rings. The van der Waals surface area contributed by atoms with Gasteiger partial charge in [-0.05, 0) is 12.3 Å². The Morgan fingerprint density at radius 3 is 3.20 bits per heavy atom. The first-order valence-electron chi connectivity index (χ1n) is 3.16. The third-order valence-corrected chi connectivity index (χ3v) is 1.20. The van der Waals surface area contributed by atoms with E-state index in [9.17, 15) is 0 Å². The zero-order valence-corrected chi connectivity index (χ0v) is 6.04. The Hall–Kier alpha value is -1.25. The summed E-state index contributed by atoms with van der Waals surface area (Å²) in [5.74, 6) is 0. The lowest BCUT2D eigenvalue weighted by atomic mass is 10.4. The van der Waals surface area contributed by atoms with Gasteiger partial charge in [-0.2, -0.15) is 5.10 Å². The Morgan fingerprint density at radius 1 is 1.90 bits per heavy atom. The van der Waals surface area contributed by atoms with E-state index in [1.807, 2.05) is 19.3 Å². The van der Waals surface area contributed by atoms with E-state index in [-0.39, 0.29) is 0 Å². The highest BCUT2D eigenvalue weighted by atomic mass is 15.3. The molecule has 0 aliphatic heterocycles. The molecule has 0 atom stereocenters. The summed E-state index contributed by atoms with van der Waals surface area (Å²) in [5.41, 5.74) is 1.03. The normalized spacial score (nSPS) is 9.30. The molecule has 0 radical (unpaired) electrons. The monoisotopic (exact) mass is 137 g/mol. The minimum absolute atomic E-state index is 0.754. The van der Waals surface area contributed by atoms with Gasteiger partial charge in [0.25, 0.3) is 0 Å². The largest absolute Gasteiger partial charge is 0.386 e. The molecule has 1 N–H and O–H groups in total. The van der Waals surface area contributed by atoms with Crippen molar-refractivity contribution in [3.8, 4) is 0 Å². The number of aryl methyl sites for hydroxylation is 1. The molecule has 3 nitrogen and oxygen atoms in total. The molecule has 0 bridgehead atoms. The van der Waals surface area contributed by atoms with Crippen molar-refractivity contribution in [1.82, 2.24) is 15.1 Å². The minimum Gasteiger partial charge on any atom is -0.386 e. The van der Waals surface area contributed by atoms with Gasteiger partial charge in [-0.15, -0.1) is 0 Å². The SMILES string of the molecule is C=CNCc1ccn(C)n1. The fraction of sp³-hybridized carbons (Fsp3) is 0.286. The lowest BCUT2D eigenvalue weighted by Gasteiger charge is -1.93. The van der Waals surface area contributed by atoms with E-state index in [1.54, 1.807) is 10.9 Å². The number of rotatable bonds is 3. The standard InChI is InChI=1S/C7H11N3/c1-3-8-6-7-4-5-10(2)9-7/h3-5,8H,1,6H2,2H3. The van der Waals surface area contributed by atoms with Gasteiger partial charge in [0.15, 0.2) is 0 Å². The van der Waals surface area contributed by atoms with Crippen LogP contribution in [-0.4, -0.2) is 9.78 Å². The van der Waals surface area contributed by atoms with Crippen LogP contribution in [0, 0.1) is 0 Å². The first-order chi connectivity index (χ1) is 4.83. The van der Waals surface area contributed by atoms with Gasteiger partial charge < -0.3 is 5.32 Å². The number of nitrogens with zero attached hydrogens (tertiary/aromatic N) is 2. The molecule has 0 saturated heterocycles. The van der Waals surface area contributed by atoms with Gasteiger partial charge in [-0.3, -0.25) is 4.68 Å². The molecule has 0 spiro atoms. The minimum atomic E-state index is 0.754. The van der Waals surface area contributed by atoms with E-state index in [4.69, 9.17) is 0 Å². The third-order valence-electron chi connectivity index (χ3n) is 1.20. The fourth-order valence-electron chi connectivity index (χ4n) is 0.734. The first kappa shape index (κ1) is 6.86. The zero-order valence-electron chi connectivity index (χ0n) is 6.04. The predicted octanol–water partition coefficient (Wildman–Crippen LogP) is 0.653. The average Bonchev–Trinajstić information content (AvgIpc) is 2.31. The maximum Gasteiger partial charge on any atom is 0.0815 e. The van der Waals surface area contributed by atoms with Crippen molar-refractivity contribution in [2.75, 3.05) is 0 Å². The van der Waals surface area contributed by atoms with Crippen LogP contribution in [0.2, 0.25) is 0 Å². The van der Waals surface area contributed by atoms with Crippen LogP contribution >= 0.6 is 0 Å². The quantitative estimate of drug-likeness (QED) is 0.663. The van der Waals surface area contributed by atoms with E-state index in [2.05, 4.69) is 17.0 Å². The molecular formula is C7H11N3. The maximum atomic E-state index is 4.15. The zero-order chi connectivity index (χ0) is 7.40. The van der Waals surface area contributed by atoms with Crippen LogP contribution in [0.3, 0.4) is 0 Å². The summed E-state index contributed by atoms with van der Waals surface area (Å²) in [7, 11) is 1.90. The van der Waals surface area contributed by atoms with Gasteiger partial charge in [-0.25, -0.2) is 0 Å². The van der Waals surface area contributed by atoms with Crippen molar-refractivity contribution in [3.05, 3.63) is 30.7 Å². The number of hydrogen-bond donors (Lipinski definition) is 1. The van der Waals surface area contributed by atoms with Crippen LogP contribution in [0.4, 0.5) is 0 Å². The molecule has 0 amide bonds. The molecule has 54 valence electrons. The van der Waals surface area contributed by atoms with Crippen LogP contribution in [0.5, 0.6) is 0 Å². The maximum absolute atomic E-state index is 4.15. The molecule has 1 rings (SSSR count). The summed E-state index contributed by atoms with van der Waals surface area (Å²) in [6, 6.07) is 1.97. The number of hydrogen-bond acceptors (Lipinski definition) is 2. The van der Waals surface area contributed by atoms with E-state index in [0.717, 1.165) is 12.2 Å². The number of aromatic nitrogens is 2. The van der Waals surface area contributed by atoms with Gasteiger partial charge in [0, 0.05) is 13.2 Å². The Balaban J connectivity index is 2.49. The van der Waals surface area contributed by atoms with Crippen LogP contribution in [0.1, 0.15) is 5.69 Å².